The van der Waals surface area contributed by atoms with E-state index in [0.717, 1.165) is 6.54 Å². The Morgan fingerprint density at radius 2 is 1.80 bits per heavy atom. The lowest BCUT2D eigenvalue weighted by molar-refractivity contribution is 0.705. The maximum atomic E-state index is 3.13. The van der Waals surface area contributed by atoms with Gasteiger partial charge in [-0.15, -0.1) is 0 Å². The van der Waals surface area contributed by atoms with Gasteiger partial charge in [0.1, 0.15) is 0 Å². The van der Waals surface area contributed by atoms with Crippen molar-refractivity contribution in [1.29, 1.82) is 0 Å². The van der Waals surface area contributed by atoms with E-state index in [4.69, 9.17) is 0 Å². The van der Waals surface area contributed by atoms with Gasteiger partial charge in [0.15, 0.2) is 0 Å². The molecule has 0 unspecified atom stereocenters. The Morgan fingerprint density at radius 1 is 1.13 bits per heavy atom. The summed E-state index contributed by atoms with van der Waals surface area (Å²) in [5.74, 6) is 0. The van der Waals surface area contributed by atoms with E-state index in [1.807, 2.05) is 7.05 Å². The zero-order chi connectivity index (χ0) is 11.1. The first-order chi connectivity index (χ1) is 7.27. The largest absolute Gasteiger partial charge is 0.388 e. The molecule has 84 valence electrons. The number of nitrogens with one attached hydrogen (secondary N) is 1. The third kappa shape index (κ3) is 3.82. The van der Waals surface area contributed by atoms with E-state index in [9.17, 15) is 0 Å². The molecule has 1 aromatic rings. The molecular weight excluding hydrogens is 184 g/mol. The van der Waals surface area contributed by atoms with Crippen molar-refractivity contribution in [2.75, 3.05) is 30.9 Å². The molecule has 0 saturated carbocycles. The van der Waals surface area contributed by atoms with E-state index < -0.39 is 0 Å². The van der Waals surface area contributed by atoms with Gasteiger partial charge in [-0.25, -0.2) is 0 Å². The van der Waals surface area contributed by atoms with Gasteiger partial charge in [-0.2, -0.15) is 0 Å². The van der Waals surface area contributed by atoms with Gasteiger partial charge < -0.3 is 10.2 Å². The summed E-state index contributed by atoms with van der Waals surface area (Å²) >= 11 is 0. The van der Waals surface area contributed by atoms with Crippen LogP contribution >= 0.6 is 0 Å². The molecule has 0 aromatic heterocycles. The summed E-state index contributed by atoms with van der Waals surface area (Å²) in [4.78, 5) is 2.31. The second kappa shape index (κ2) is 6.33. The molecule has 0 radical (unpaired) electrons. The molecule has 2 nitrogen and oxygen atoms in total. The number of unbranched alkanes of at least 4 members (excludes halogenated alkanes) is 2. The first-order valence-electron chi connectivity index (χ1n) is 5.77. The summed E-state index contributed by atoms with van der Waals surface area (Å²) in [5, 5.41) is 3.13. The van der Waals surface area contributed by atoms with E-state index in [-0.39, 0.29) is 0 Å². The van der Waals surface area contributed by atoms with E-state index in [1.54, 1.807) is 0 Å². The van der Waals surface area contributed by atoms with Crippen LogP contribution in [0.4, 0.5) is 11.4 Å². The number of hydrogen-bond donors (Lipinski definition) is 1. The molecule has 1 aromatic carbocycles. The highest BCUT2D eigenvalue weighted by Gasteiger charge is 1.99. The highest BCUT2D eigenvalue weighted by molar-refractivity contribution is 5.54. The third-order valence-corrected chi connectivity index (χ3v) is 2.69. The van der Waals surface area contributed by atoms with Crippen molar-refractivity contribution in [2.24, 2.45) is 0 Å². The quantitative estimate of drug-likeness (QED) is 0.718. The number of benzene rings is 1. The summed E-state index contributed by atoms with van der Waals surface area (Å²) in [6.45, 7) is 3.38. The van der Waals surface area contributed by atoms with Crippen LogP contribution in [0.1, 0.15) is 26.2 Å². The highest BCUT2D eigenvalue weighted by atomic mass is 15.1. The van der Waals surface area contributed by atoms with Crippen LogP contribution < -0.4 is 10.2 Å². The van der Waals surface area contributed by atoms with Crippen molar-refractivity contribution in [2.45, 2.75) is 26.2 Å². The molecule has 0 aliphatic heterocycles. The Balaban J connectivity index is 2.46. The molecule has 0 atom stereocenters. The number of anilines is 2. The van der Waals surface area contributed by atoms with E-state index in [1.165, 1.54) is 30.6 Å². The van der Waals surface area contributed by atoms with Crippen LogP contribution in [0.2, 0.25) is 0 Å². The van der Waals surface area contributed by atoms with Crippen molar-refractivity contribution in [3.8, 4) is 0 Å². The van der Waals surface area contributed by atoms with Gasteiger partial charge in [0, 0.05) is 32.0 Å². The smallest absolute Gasteiger partial charge is 0.0365 e. The molecule has 0 bridgehead atoms. The SMILES string of the molecule is CCCCCN(C)c1ccc(NC)cc1. The van der Waals surface area contributed by atoms with Crippen LogP contribution in [0, 0.1) is 0 Å². The molecule has 0 aliphatic rings. The summed E-state index contributed by atoms with van der Waals surface area (Å²) in [7, 11) is 4.10. The predicted molar refractivity (Wildman–Crippen MR) is 68.8 cm³/mol. The van der Waals surface area contributed by atoms with Gasteiger partial charge in [-0.3, -0.25) is 0 Å². The standard InChI is InChI=1S/C13H22N2/c1-4-5-6-11-15(3)13-9-7-12(14-2)8-10-13/h7-10,14H,4-6,11H2,1-3H3. The number of nitrogens with zero attached hydrogens (tertiary/aromatic N) is 1. The van der Waals surface area contributed by atoms with Gasteiger partial charge >= 0.3 is 0 Å². The Morgan fingerprint density at radius 3 is 2.33 bits per heavy atom. The van der Waals surface area contributed by atoms with Crippen molar-refractivity contribution in [1.82, 2.24) is 0 Å². The number of hydrogen-bond acceptors (Lipinski definition) is 2. The van der Waals surface area contributed by atoms with E-state index in [2.05, 4.69) is 48.5 Å². The van der Waals surface area contributed by atoms with Crippen LogP contribution in [0.5, 0.6) is 0 Å². The van der Waals surface area contributed by atoms with Crippen LogP contribution in [0.25, 0.3) is 0 Å². The average Bonchev–Trinajstić information content (AvgIpc) is 2.29. The average molecular weight is 206 g/mol. The minimum Gasteiger partial charge on any atom is -0.388 e. The maximum Gasteiger partial charge on any atom is 0.0365 e. The normalized spacial score (nSPS) is 10.1. The Bertz CT molecular complexity index is 266. The lowest BCUT2D eigenvalue weighted by atomic mass is 10.2. The predicted octanol–water partition coefficient (Wildman–Crippen LogP) is 3.35. The third-order valence-electron chi connectivity index (χ3n) is 2.69. The van der Waals surface area contributed by atoms with Gasteiger partial charge in [0.25, 0.3) is 0 Å². The van der Waals surface area contributed by atoms with Gasteiger partial charge in [0.05, 0.1) is 0 Å². The molecule has 0 heterocycles. The lowest BCUT2D eigenvalue weighted by Crippen LogP contribution is -2.18. The zero-order valence-corrected chi connectivity index (χ0v) is 10.1. The molecule has 2 heteroatoms. The Labute approximate surface area is 93.3 Å². The molecule has 0 amide bonds. The number of rotatable bonds is 6. The molecule has 0 spiro atoms. The summed E-state index contributed by atoms with van der Waals surface area (Å²) in [6.07, 6.45) is 3.88. The first kappa shape index (κ1) is 11.9. The molecular formula is C13H22N2. The maximum absolute atomic E-state index is 3.13. The molecule has 1 rings (SSSR count). The molecule has 1 N–H and O–H groups in total. The van der Waals surface area contributed by atoms with Gasteiger partial charge in [-0.05, 0) is 30.7 Å². The molecule has 0 aliphatic carbocycles. The second-order valence-electron chi connectivity index (χ2n) is 3.93. The first-order valence-corrected chi connectivity index (χ1v) is 5.77. The highest BCUT2D eigenvalue weighted by Crippen LogP contribution is 2.16. The van der Waals surface area contributed by atoms with Crippen LogP contribution in [-0.2, 0) is 0 Å². The fraction of sp³-hybridized carbons (Fsp3) is 0.538. The molecule has 0 fully saturated rings. The van der Waals surface area contributed by atoms with Gasteiger partial charge in [-0.1, -0.05) is 19.8 Å². The van der Waals surface area contributed by atoms with Crippen molar-refractivity contribution in [3.63, 3.8) is 0 Å². The zero-order valence-electron chi connectivity index (χ0n) is 10.1. The monoisotopic (exact) mass is 206 g/mol. The van der Waals surface area contributed by atoms with Crippen LogP contribution in [0.15, 0.2) is 24.3 Å². The van der Waals surface area contributed by atoms with E-state index in [0.29, 0.717) is 0 Å². The lowest BCUT2D eigenvalue weighted by Gasteiger charge is -2.19. The summed E-state index contributed by atoms with van der Waals surface area (Å²) in [5.41, 5.74) is 2.46. The van der Waals surface area contributed by atoms with Crippen molar-refractivity contribution in [3.05, 3.63) is 24.3 Å². The summed E-state index contributed by atoms with van der Waals surface area (Å²) in [6, 6.07) is 8.56. The topological polar surface area (TPSA) is 15.3 Å². The second-order valence-corrected chi connectivity index (χ2v) is 3.93. The Hall–Kier alpha value is -1.18. The molecule has 0 saturated heterocycles. The Kier molecular flexibility index (Phi) is 5.02. The minimum atomic E-state index is 1.15. The van der Waals surface area contributed by atoms with Crippen molar-refractivity contribution < 1.29 is 0 Å². The van der Waals surface area contributed by atoms with Gasteiger partial charge in [0.2, 0.25) is 0 Å². The van der Waals surface area contributed by atoms with Crippen LogP contribution in [0.3, 0.4) is 0 Å². The minimum absolute atomic E-state index is 1.15. The van der Waals surface area contributed by atoms with E-state index >= 15 is 0 Å². The molecule has 15 heavy (non-hydrogen) atoms. The van der Waals surface area contributed by atoms with Crippen molar-refractivity contribution >= 4 is 11.4 Å². The summed E-state index contributed by atoms with van der Waals surface area (Å²) < 4.78 is 0. The fourth-order valence-corrected chi connectivity index (χ4v) is 1.61. The fourth-order valence-electron chi connectivity index (χ4n) is 1.61. The van der Waals surface area contributed by atoms with Crippen LogP contribution in [-0.4, -0.2) is 20.6 Å².